The van der Waals surface area contributed by atoms with Crippen molar-refractivity contribution in [1.82, 2.24) is 10.2 Å². The number of hydrogen-bond donors (Lipinski definition) is 2. The maximum atomic E-state index is 13.3. The standard InChI is InChI=1S/C17H14F2N4O2S/c1-11-9-14(5-6-15(11)19)26(24,25)23-17-8-7-16(21-22-17)20-13-4-2-3-12(18)10-13/h2-10H,1H3,(H,20,21)(H,22,23). The van der Waals surface area contributed by atoms with E-state index in [0.717, 1.165) is 12.1 Å². The van der Waals surface area contributed by atoms with Crippen molar-refractivity contribution in [2.75, 3.05) is 10.0 Å². The van der Waals surface area contributed by atoms with E-state index in [-0.39, 0.29) is 16.3 Å². The molecule has 0 atom stereocenters. The summed E-state index contributed by atoms with van der Waals surface area (Å²) < 4.78 is 53.4. The zero-order valence-corrected chi connectivity index (χ0v) is 14.4. The second-order valence-corrected chi connectivity index (χ2v) is 7.14. The van der Waals surface area contributed by atoms with Gasteiger partial charge in [0.1, 0.15) is 11.6 Å². The van der Waals surface area contributed by atoms with E-state index >= 15 is 0 Å². The minimum absolute atomic E-state index is 0.00299. The Labute approximate surface area is 149 Å². The summed E-state index contributed by atoms with van der Waals surface area (Å²) in [7, 11) is -3.92. The zero-order chi connectivity index (χ0) is 18.7. The lowest BCUT2D eigenvalue weighted by Gasteiger charge is -2.09. The van der Waals surface area contributed by atoms with E-state index in [1.165, 1.54) is 43.3 Å². The van der Waals surface area contributed by atoms with Gasteiger partial charge < -0.3 is 5.32 Å². The summed E-state index contributed by atoms with van der Waals surface area (Å²) in [5.74, 6) is -0.577. The number of benzene rings is 2. The Bertz CT molecular complexity index is 1040. The average Bonchev–Trinajstić information content (AvgIpc) is 2.59. The Morgan fingerprint density at radius 2 is 1.65 bits per heavy atom. The Hall–Kier alpha value is -3.07. The quantitative estimate of drug-likeness (QED) is 0.711. The van der Waals surface area contributed by atoms with Crippen LogP contribution in [0.25, 0.3) is 0 Å². The first-order valence-electron chi connectivity index (χ1n) is 7.49. The molecule has 0 amide bonds. The smallest absolute Gasteiger partial charge is 0.263 e. The summed E-state index contributed by atoms with van der Waals surface area (Å²) in [5, 5.41) is 10.5. The Morgan fingerprint density at radius 1 is 0.923 bits per heavy atom. The molecule has 1 aromatic heterocycles. The average molecular weight is 376 g/mol. The summed E-state index contributed by atoms with van der Waals surface area (Å²) >= 11 is 0. The number of hydrogen-bond acceptors (Lipinski definition) is 5. The van der Waals surface area contributed by atoms with Crippen LogP contribution in [0.4, 0.5) is 26.1 Å². The van der Waals surface area contributed by atoms with Gasteiger partial charge >= 0.3 is 0 Å². The van der Waals surface area contributed by atoms with Crippen molar-refractivity contribution in [2.24, 2.45) is 0 Å². The summed E-state index contributed by atoms with van der Waals surface area (Å²) in [5.41, 5.74) is 0.697. The van der Waals surface area contributed by atoms with Crippen molar-refractivity contribution in [1.29, 1.82) is 0 Å². The van der Waals surface area contributed by atoms with Gasteiger partial charge in [-0.15, -0.1) is 10.2 Å². The first kappa shape index (κ1) is 17.7. The molecule has 0 bridgehead atoms. The van der Waals surface area contributed by atoms with E-state index in [4.69, 9.17) is 0 Å². The molecule has 0 aliphatic carbocycles. The van der Waals surface area contributed by atoms with Gasteiger partial charge in [-0.3, -0.25) is 4.72 Å². The van der Waals surface area contributed by atoms with Gasteiger partial charge in [-0.25, -0.2) is 17.2 Å². The molecule has 2 aromatic carbocycles. The molecular weight excluding hydrogens is 362 g/mol. The van der Waals surface area contributed by atoms with Gasteiger partial charge in [0, 0.05) is 5.69 Å². The second kappa shape index (κ2) is 7.04. The van der Waals surface area contributed by atoms with Gasteiger partial charge in [0.05, 0.1) is 4.90 Å². The molecule has 0 saturated carbocycles. The summed E-state index contributed by atoms with van der Waals surface area (Å²) in [4.78, 5) is -0.0832. The van der Waals surface area contributed by atoms with E-state index in [1.807, 2.05) is 0 Å². The predicted octanol–water partition coefficient (Wildman–Crippen LogP) is 3.61. The van der Waals surface area contributed by atoms with Crippen LogP contribution in [-0.4, -0.2) is 18.6 Å². The Morgan fingerprint density at radius 3 is 2.31 bits per heavy atom. The highest BCUT2D eigenvalue weighted by atomic mass is 32.2. The highest BCUT2D eigenvalue weighted by molar-refractivity contribution is 7.92. The predicted molar refractivity (Wildman–Crippen MR) is 93.7 cm³/mol. The molecule has 26 heavy (non-hydrogen) atoms. The molecular formula is C17H14F2N4O2S. The number of nitrogens with zero attached hydrogens (tertiary/aromatic N) is 2. The lowest BCUT2D eigenvalue weighted by Crippen LogP contribution is -2.14. The van der Waals surface area contributed by atoms with Crippen LogP contribution in [0, 0.1) is 18.6 Å². The van der Waals surface area contributed by atoms with Crippen LogP contribution in [0.2, 0.25) is 0 Å². The van der Waals surface area contributed by atoms with Crippen LogP contribution < -0.4 is 10.0 Å². The van der Waals surface area contributed by atoms with Gasteiger partial charge in [0.25, 0.3) is 10.0 Å². The van der Waals surface area contributed by atoms with Crippen molar-refractivity contribution in [2.45, 2.75) is 11.8 Å². The third-order valence-electron chi connectivity index (χ3n) is 3.44. The van der Waals surface area contributed by atoms with Crippen molar-refractivity contribution >= 4 is 27.3 Å². The van der Waals surface area contributed by atoms with Crippen molar-refractivity contribution in [3.05, 3.63) is 71.8 Å². The molecule has 6 nitrogen and oxygen atoms in total. The van der Waals surface area contributed by atoms with Crippen LogP contribution in [0.5, 0.6) is 0 Å². The zero-order valence-electron chi connectivity index (χ0n) is 13.6. The molecule has 0 saturated heterocycles. The van der Waals surface area contributed by atoms with Crippen LogP contribution in [0.1, 0.15) is 5.56 Å². The van der Waals surface area contributed by atoms with Gasteiger partial charge in [-0.05, 0) is 61.0 Å². The fourth-order valence-electron chi connectivity index (χ4n) is 2.15. The number of sulfonamides is 1. The van der Waals surface area contributed by atoms with Crippen molar-refractivity contribution in [3.8, 4) is 0 Å². The van der Waals surface area contributed by atoms with Crippen molar-refractivity contribution in [3.63, 3.8) is 0 Å². The summed E-state index contributed by atoms with van der Waals surface area (Å²) in [6.07, 6.45) is 0. The van der Waals surface area contributed by atoms with E-state index in [1.54, 1.807) is 6.07 Å². The molecule has 3 aromatic rings. The number of nitrogens with one attached hydrogen (secondary N) is 2. The lowest BCUT2D eigenvalue weighted by atomic mass is 10.2. The summed E-state index contributed by atoms with van der Waals surface area (Å²) in [6, 6.07) is 12.2. The van der Waals surface area contributed by atoms with Gasteiger partial charge in [0.15, 0.2) is 11.6 Å². The molecule has 0 unspecified atom stereocenters. The molecule has 3 rings (SSSR count). The Balaban J connectivity index is 1.75. The monoisotopic (exact) mass is 376 g/mol. The fraction of sp³-hybridized carbons (Fsp3) is 0.0588. The van der Waals surface area contributed by atoms with Crippen molar-refractivity contribution < 1.29 is 17.2 Å². The number of rotatable bonds is 5. The number of aryl methyl sites for hydroxylation is 1. The third-order valence-corrected chi connectivity index (χ3v) is 4.79. The molecule has 0 aliphatic heterocycles. The first-order chi connectivity index (χ1) is 12.3. The maximum Gasteiger partial charge on any atom is 0.263 e. The topological polar surface area (TPSA) is 84.0 Å². The minimum Gasteiger partial charge on any atom is -0.339 e. The number of aromatic nitrogens is 2. The summed E-state index contributed by atoms with van der Waals surface area (Å²) in [6.45, 7) is 1.47. The van der Waals surface area contributed by atoms with Gasteiger partial charge in [-0.2, -0.15) is 0 Å². The SMILES string of the molecule is Cc1cc(S(=O)(=O)Nc2ccc(Nc3cccc(F)c3)nn2)ccc1F. The number of anilines is 3. The van der Waals surface area contributed by atoms with E-state index < -0.39 is 21.7 Å². The van der Waals surface area contributed by atoms with Gasteiger partial charge in [0.2, 0.25) is 0 Å². The van der Waals surface area contributed by atoms with E-state index in [2.05, 4.69) is 20.2 Å². The molecule has 0 spiro atoms. The van der Waals surface area contributed by atoms with Crippen LogP contribution in [-0.2, 0) is 10.0 Å². The first-order valence-corrected chi connectivity index (χ1v) is 8.97. The Kier molecular flexibility index (Phi) is 4.81. The lowest BCUT2D eigenvalue weighted by molar-refractivity contribution is 0.598. The largest absolute Gasteiger partial charge is 0.339 e. The normalized spacial score (nSPS) is 11.2. The fourth-order valence-corrected chi connectivity index (χ4v) is 3.23. The maximum absolute atomic E-state index is 13.3. The molecule has 134 valence electrons. The van der Waals surface area contributed by atoms with E-state index in [9.17, 15) is 17.2 Å². The second-order valence-electron chi connectivity index (χ2n) is 5.46. The highest BCUT2D eigenvalue weighted by Gasteiger charge is 2.16. The minimum atomic E-state index is -3.92. The molecule has 1 heterocycles. The molecule has 9 heteroatoms. The van der Waals surface area contributed by atoms with Crippen LogP contribution in [0.3, 0.4) is 0 Å². The molecule has 0 radical (unpaired) electrons. The molecule has 0 fully saturated rings. The third kappa shape index (κ3) is 4.12. The number of halogens is 2. The van der Waals surface area contributed by atoms with E-state index in [0.29, 0.717) is 11.5 Å². The highest BCUT2D eigenvalue weighted by Crippen LogP contribution is 2.19. The molecule has 2 N–H and O–H groups in total. The van der Waals surface area contributed by atoms with Crippen LogP contribution >= 0.6 is 0 Å². The van der Waals surface area contributed by atoms with Crippen LogP contribution in [0.15, 0.2) is 59.5 Å². The van der Waals surface area contributed by atoms with Gasteiger partial charge in [-0.1, -0.05) is 6.07 Å². The molecule has 0 aliphatic rings.